The molecule has 4 fully saturated rings. The van der Waals surface area contributed by atoms with E-state index in [4.69, 9.17) is 0 Å². The Hall–Kier alpha value is -0.370. The van der Waals surface area contributed by atoms with Crippen LogP contribution in [-0.2, 0) is 4.79 Å². The molecule has 4 rings (SSSR count). The SMILES string of the molecule is CC(=O)C1CC[C@H]2[C@@H]3CCC4C[C@H](O)CC[C@]4(C)[C@H]3CC[C@]12C. The van der Waals surface area contributed by atoms with Crippen LogP contribution in [0.25, 0.3) is 0 Å². The molecule has 0 amide bonds. The Balaban J connectivity index is 1.61. The predicted molar refractivity (Wildman–Crippen MR) is 91.9 cm³/mol. The molecular weight excluding hydrogens is 284 g/mol. The molecule has 0 heterocycles. The summed E-state index contributed by atoms with van der Waals surface area (Å²) < 4.78 is 0. The smallest absolute Gasteiger partial charge is 0.133 e. The van der Waals surface area contributed by atoms with Crippen molar-refractivity contribution in [3.8, 4) is 0 Å². The first-order valence-corrected chi connectivity index (χ1v) is 10.0. The largest absolute Gasteiger partial charge is 0.393 e. The molecule has 4 aliphatic carbocycles. The van der Waals surface area contributed by atoms with Gasteiger partial charge >= 0.3 is 0 Å². The minimum atomic E-state index is -0.0490. The van der Waals surface area contributed by atoms with Crippen LogP contribution in [0.1, 0.15) is 78.6 Å². The Kier molecular flexibility index (Phi) is 3.72. The summed E-state index contributed by atoms with van der Waals surface area (Å²) >= 11 is 0. The fourth-order valence-corrected chi connectivity index (χ4v) is 7.90. The monoisotopic (exact) mass is 318 g/mol. The Morgan fingerprint density at radius 2 is 1.61 bits per heavy atom. The van der Waals surface area contributed by atoms with E-state index in [2.05, 4.69) is 13.8 Å². The molecule has 0 radical (unpaired) electrons. The van der Waals surface area contributed by atoms with Gasteiger partial charge in [-0.1, -0.05) is 13.8 Å². The molecule has 0 spiro atoms. The molecule has 0 aromatic rings. The van der Waals surface area contributed by atoms with Crippen molar-refractivity contribution in [3.05, 3.63) is 0 Å². The van der Waals surface area contributed by atoms with Gasteiger partial charge in [0, 0.05) is 5.92 Å². The van der Waals surface area contributed by atoms with Crippen molar-refractivity contribution < 1.29 is 9.90 Å². The third-order valence-corrected chi connectivity index (χ3v) is 9.13. The van der Waals surface area contributed by atoms with Crippen LogP contribution >= 0.6 is 0 Å². The summed E-state index contributed by atoms with van der Waals surface area (Å²) in [7, 11) is 0. The molecule has 23 heavy (non-hydrogen) atoms. The first-order chi connectivity index (χ1) is 10.9. The molecule has 130 valence electrons. The van der Waals surface area contributed by atoms with Gasteiger partial charge in [-0.05, 0) is 99.2 Å². The molecule has 1 N–H and O–H groups in total. The Labute approximate surface area is 141 Å². The average molecular weight is 319 g/mol. The van der Waals surface area contributed by atoms with E-state index in [9.17, 15) is 9.90 Å². The molecule has 2 unspecified atom stereocenters. The number of Topliss-reactive ketones (excluding diaryl/α,β-unsaturated/α-hetero) is 1. The standard InChI is InChI=1S/C21H34O2/c1-13(22)17-6-7-18-16-5-4-14-12-15(23)8-10-20(14,2)19(16)9-11-21(17,18)3/h14-19,23H,4-12H2,1-3H3/t14?,15-,16+,17?,18+,19+,20+,21-/m1/s1. The molecule has 4 saturated carbocycles. The number of aliphatic hydroxyl groups excluding tert-OH is 1. The third-order valence-electron chi connectivity index (χ3n) is 9.13. The fraction of sp³-hybridized carbons (Fsp3) is 0.952. The summed E-state index contributed by atoms with van der Waals surface area (Å²) in [4.78, 5) is 12.2. The predicted octanol–water partition coefficient (Wildman–Crippen LogP) is 4.60. The van der Waals surface area contributed by atoms with E-state index in [-0.39, 0.29) is 11.5 Å². The molecule has 2 nitrogen and oxygen atoms in total. The van der Waals surface area contributed by atoms with Crippen molar-refractivity contribution in [2.45, 2.75) is 84.7 Å². The molecule has 0 saturated heterocycles. The summed E-state index contributed by atoms with van der Waals surface area (Å²) in [6.07, 6.45) is 10.9. The molecule has 8 atom stereocenters. The highest BCUT2D eigenvalue weighted by Crippen LogP contribution is 2.67. The van der Waals surface area contributed by atoms with Crippen LogP contribution in [0.3, 0.4) is 0 Å². The minimum Gasteiger partial charge on any atom is -0.393 e. The highest BCUT2D eigenvalue weighted by atomic mass is 16.3. The van der Waals surface area contributed by atoms with Gasteiger partial charge in [0.25, 0.3) is 0 Å². The Bertz CT molecular complexity index is 500. The van der Waals surface area contributed by atoms with Crippen LogP contribution < -0.4 is 0 Å². The van der Waals surface area contributed by atoms with Gasteiger partial charge in [0.05, 0.1) is 6.10 Å². The van der Waals surface area contributed by atoms with Crippen molar-refractivity contribution in [3.63, 3.8) is 0 Å². The summed E-state index contributed by atoms with van der Waals surface area (Å²) in [6.45, 7) is 6.80. The lowest BCUT2D eigenvalue weighted by Gasteiger charge is -2.60. The quantitative estimate of drug-likeness (QED) is 0.767. The zero-order valence-corrected chi connectivity index (χ0v) is 15.2. The maximum atomic E-state index is 12.2. The van der Waals surface area contributed by atoms with Crippen LogP contribution in [0.4, 0.5) is 0 Å². The molecule has 0 bridgehead atoms. The number of hydrogen-bond acceptors (Lipinski definition) is 2. The number of fused-ring (bicyclic) bond motifs is 5. The maximum absolute atomic E-state index is 12.2. The van der Waals surface area contributed by atoms with Crippen molar-refractivity contribution in [1.82, 2.24) is 0 Å². The first-order valence-electron chi connectivity index (χ1n) is 10.0. The van der Waals surface area contributed by atoms with Crippen molar-refractivity contribution in [2.75, 3.05) is 0 Å². The minimum absolute atomic E-state index is 0.0490. The summed E-state index contributed by atoms with van der Waals surface area (Å²) in [6, 6.07) is 0. The number of hydrogen-bond donors (Lipinski definition) is 1. The second-order valence-electron chi connectivity index (χ2n) is 9.87. The van der Waals surface area contributed by atoms with Crippen LogP contribution in [-0.4, -0.2) is 17.0 Å². The van der Waals surface area contributed by atoms with E-state index >= 15 is 0 Å². The van der Waals surface area contributed by atoms with Crippen molar-refractivity contribution >= 4 is 5.78 Å². The van der Waals surface area contributed by atoms with Gasteiger partial charge in [-0.25, -0.2) is 0 Å². The van der Waals surface area contributed by atoms with E-state index in [0.29, 0.717) is 17.1 Å². The van der Waals surface area contributed by atoms with E-state index < -0.39 is 0 Å². The highest BCUT2D eigenvalue weighted by molar-refractivity contribution is 5.79. The first kappa shape index (κ1) is 16.1. The van der Waals surface area contributed by atoms with E-state index in [1.54, 1.807) is 0 Å². The van der Waals surface area contributed by atoms with Crippen LogP contribution in [0.15, 0.2) is 0 Å². The third kappa shape index (κ3) is 2.19. The van der Waals surface area contributed by atoms with Crippen molar-refractivity contribution in [1.29, 1.82) is 0 Å². The number of aliphatic hydroxyl groups is 1. The lowest BCUT2D eigenvalue weighted by Crippen LogP contribution is -2.54. The Morgan fingerprint density at radius 3 is 2.35 bits per heavy atom. The van der Waals surface area contributed by atoms with Crippen LogP contribution in [0.5, 0.6) is 0 Å². The summed E-state index contributed by atoms with van der Waals surface area (Å²) in [5.74, 6) is 3.97. The maximum Gasteiger partial charge on any atom is 0.133 e. The zero-order chi connectivity index (χ0) is 16.4. The topological polar surface area (TPSA) is 37.3 Å². The number of rotatable bonds is 1. The fourth-order valence-electron chi connectivity index (χ4n) is 7.90. The van der Waals surface area contributed by atoms with Gasteiger partial charge < -0.3 is 5.11 Å². The van der Waals surface area contributed by atoms with Gasteiger partial charge in [0.1, 0.15) is 5.78 Å². The molecule has 0 aromatic heterocycles. The lowest BCUT2D eigenvalue weighted by molar-refractivity contribution is -0.138. The molecule has 4 aliphatic rings. The van der Waals surface area contributed by atoms with Gasteiger partial charge in [0.2, 0.25) is 0 Å². The molecular formula is C21H34O2. The normalized spacial score (nSPS) is 55.7. The highest BCUT2D eigenvalue weighted by Gasteiger charge is 2.60. The lowest BCUT2D eigenvalue weighted by atomic mass is 9.44. The van der Waals surface area contributed by atoms with E-state index in [0.717, 1.165) is 42.9 Å². The number of ketones is 1. The second-order valence-corrected chi connectivity index (χ2v) is 9.87. The van der Waals surface area contributed by atoms with Crippen LogP contribution in [0, 0.1) is 40.4 Å². The summed E-state index contributed by atoms with van der Waals surface area (Å²) in [5.41, 5.74) is 0.738. The van der Waals surface area contributed by atoms with E-state index in [1.165, 1.54) is 38.5 Å². The average Bonchev–Trinajstić information content (AvgIpc) is 2.85. The molecule has 2 heteroatoms. The Morgan fingerprint density at radius 1 is 0.913 bits per heavy atom. The van der Waals surface area contributed by atoms with Gasteiger partial charge in [-0.15, -0.1) is 0 Å². The van der Waals surface area contributed by atoms with Gasteiger partial charge in [-0.3, -0.25) is 4.79 Å². The molecule has 0 aliphatic heterocycles. The van der Waals surface area contributed by atoms with Crippen LogP contribution in [0.2, 0.25) is 0 Å². The van der Waals surface area contributed by atoms with E-state index in [1.807, 2.05) is 6.92 Å². The second kappa shape index (κ2) is 5.31. The van der Waals surface area contributed by atoms with Gasteiger partial charge in [0.15, 0.2) is 0 Å². The summed E-state index contributed by atoms with van der Waals surface area (Å²) in [5, 5.41) is 10.1. The number of carbonyl (C=O) groups is 1. The zero-order valence-electron chi connectivity index (χ0n) is 15.2. The molecule has 0 aromatic carbocycles. The number of carbonyl (C=O) groups excluding carboxylic acids is 1. The van der Waals surface area contributed by atoms with Crippen molar-refractivity contribution in [2.24, 2.45) is 40.4 Å². The van der Waals surface area contributed by atoms with Gasteiger partial charge in [-0.2, -0.15) is 0 Å².